The predicted molar refractivity (Wildman–Crippen MR) is 62.1 cm³/mol. The van der Waals surface area contributed by atoms with Crippen molar-refractivity contribution in [3.05, 3.63) is 0 Å². The van der Waals surface area contributed by atoms with Crippen molar-refractivity contribution in [3.63, 3.8) is 0 Å². The van der Waals surface area contributed by atoms with Gasteiger partial charge in [0.15, 0.2) is 0 Å². The Morgan fingerprint density at radius 2 is 2.07 bits per heavy atom. The molecular formula is C12H22N2O. The topological polar surface area (TPSA) is 24.8 Å². The molecule has 1 saturated carbocycles. The van der Waals surface area contributed by atoms with Crippen LogP contribution in [0.5, 0.6) is 0 Å². The summed E-state index contributed by atoms with van der Waals surface area (Å²) in [6.07, 6.45) is 9.01. The Bertz CT molecular complexity index is 220. The molecule has 2 aliphatic rings. The molecule has 0 amide bonds. The highest BCUT2D eigenvalue weighted by Gasteiger charge is 2.23. The summed E-state index contributed by atoms with van der Waals surface area (Å²) in [5, 5.41) is 7.07. The summed E-state index contributed by atoms with van der Waals surface area (Å²) >= 11 is 0. The molecule has 0 aromatic heterocycles. The number of hydrogen-bond acceptors (Lipinski definition) is 3. The quantitative estimate of drug-likeness (QED) is 0.714. The molecule has 2 fully saturated rings. The molecule has 3 nitrogen and oxygen atoms in total. The number of hydrogen-bond donors (Lipinski definition) is 0. The van der Waals surface area contributed by atoms with Gasteiger partial charge in [0.25, 0.3) is 0 Å². The molecule has 0 spiro atoms. The summed E-state index contributed by atoms with van der Waals surface area (Å²) in [5.74, 6) is 0. The van der Waals surface area contributed by atoms with E-state index in [9.17, 15) is 0 Å². The molecule has 0 unspecified atom stereocenters. The van der Waals surface area contributed by atoms with Gasteiger partial charge in [0.1, 0.15) is 0 Å². The van der Waals surface area contributed by atoms with E-state index in [0.717, 1.165) is 13.2 Å². The van der Waals surface area contributed by atoms with Crippen LogP contribution in [0.15, 0.2) is 5.10 Å². The van der Waals surface area contributed by atoms with E-state index >= 15 is 0 Å². The number of hydrazone groups is 1. The van der Waals surface area contributed by atoms with Gasteiger partial charge in [-0.1, -0.05) is 6.42 Å². The third-order valence-electron chi connectivity index (χ3n) is 3.41. The van der Waals surface area contributed by atoms with Gasteiger partial charge >= 0.3 is 0 Å². The van der Waals surface area contributed by atoms with Crippen LogP contribution in [0.25, 0.3) is 0 Å². The van der Waals surface area contributed by atoms with Crippen LogP contribution in [-0.4, -0.2) is 37.0 Å². The third kappa shape index (κ3) is 2.94. The first-order valence-corrected chi connectivity index (χ1v) is 6.22. The van der Waals surface area contributed by atoms with Crippen molar-refractivity contribution in [1.29, 1.82) is 0 Å². The van der Waals surface area contributed by atoms with Gasteiger partial charge in [-0.05, 0) is 38.5 Å². The zero-order chi connectivity index (χ0) is 10.5. The number of nitrogens with zero attached hydrogens (tertiary/aromatic N) is 2. The van der Waals surface area contributed by atoms with Crippen LogP contribution in [0.4, 0.5) is 0 Å². The molecule has 0 N–H and O–H groups in total. The summed E-state index contributed by atoms with van der Waals surface area (Å²) < 4.78 is 5.23. The van der Waals surface area contributed by atoms with E-state index in [0.29, 0.717) is 6.04 Å². The normalized spacial score (nSPS) is 27.1. The molecule has 1 saturated heterocycles. The minimum Gasteiger partial charge on any atom is -0.382 e. The Labute approximate surface area is 92.5 Å². The van der Waals surface area contributed by atoms with E-state index in [1.165, 1.54) is 50.7 Å². The summed E-state index contributed by atoms with van der Waals surface area (Å²) in [4.78, 5) is 0. The maximum atomic E-state index is 5.23. The molecular weight excluding hydrogens is 188 g/mol. The first-order valence-electron chi connectivity index (χ1n) is 6.22. The van der Waals surface area contributed by atoms with Crippen molar-refractivity contribution in [2.75, 3.05) is 20.3 Å². The lowest BCUT2D eigenvalue weighted by molar-refractivity contribution is 0.117. The highest BCUT2D eigenvalue weighted by molar-refractivity contribution is 5.84. The molecule has 2 rings (SSSR count). The van der Waals surface area contributed by atoms with Crippen molar-refractivity contribution in [2.45, 2.75) is 51.0 Å². The number of methoxy groups -OCH3 is 1. The van der Waals surface area contributed by atoms with Gasteiger partial charge in [0.2, 0.25) is 0 Å². The van der Waals surface area contributed by atoms with Crippen LogP contribution in [0.3, 0.4) is 0 Å². The molecule has 0 radical (unpaired) electrons. The first kappa shape index (κ1) is 10.9. The third-order valence-corrected chi connectivity index (χ3v) is 3.41. The van der Waals surface area contributed by atoms with Crippen molar-refractivity contribution in [1.82, 2.24) is 5.01 Å². The Morgan fingerprint density at radius 1 is 1.27 bits per heavy atom. The Hall–Kier alpha value is -0.570. The molecule has 86 valence electrons. The second-order valence-corrected chi connectivity index (χ2v) is 4.64. The Balaban J connectivity index is 1.90. The molecule has 1 heterocycles. The van der Waals surface area contributed by atoms with Crippen LogP contribution in [-0.2, 0) is 4.74 Å². The van der Waals surface area contributed by atoms with Gasteiger partial charge < -0.3 is 4.74 Å². The lowest BCUT2D eigenvalue weighted by Crippen LogP contribution is -2.29. The van der Waals surface area contributed by atoms with Crippen LogP contribution in [0.1, 0.15) is 44.9 Å². The first-order chi connectivity index (χ1) is 7.40. The highest BCUT2D eigenvalue weighted by Crippen LogP contribution is 2.21. The van der Waals surface area contributed by atoms with Crippen molar-refractivity contribution in [2.24, 2.45) is 5.10 Å². The van der Waals surface area contributed by atoms with E-state index in [-0.39, 0.29) is 0 Å². The standard InChI is InChI=1S/C12H22N2O/c1-15-10-12-8-5-9-14(12)13-11-6-3-2-4-7-11/h12H,2-10H2,1H3/t12-/m1/s1. The van der Waals surface area contributed by atoms with Gasteiger partial charge in [0.05, 0.1) is 12.6 Å². The summed E-state index contributed by atoms with van der Waals surface area (Å²) in [6, 6.07) is 0.532. The van der Waals surface area contributed by atoms with Gasteiger partial charge in [0, 0.05) is 19.4 Å². The molecule has 0 bridgehead atoms. The second-order valence-electron chi connectivity index (χ2n) is 4.64. The Kier molecular flexibility index (Phi) is 4.01. The van der Waals surface area contributed by atoms with E-state index in [2.05, 4.69) is 5.01 Å². The molecule has 0 aromatic rings. The van der Waals surface area contributed by atoms with E-state index in [4.69, 9.17) is 9.84 Å². The lowest BCUT2D eigenvalue weighted by Gasteiger charge is -2.23. The van der Waals surface area contributed by atoms with E-state index in [1.807, 2.05) is 0 Å². The minimum atomic E-state index is 0.532. The SMILES string of the molecule is COC[C@H]1CCCN1N=C1CCCCC1. The van der Waals surface area contributed by atoms with E-state index < -0.39 is 0 Å². The van der Waals surface area contributed by atoms with Crippen LogP contribution in [0, 0.1) is 0 Å². The molecule has 15 heavy (non-hydrogen) atoms. The summed E-state index contributed by atoms with van der Waals surface area (Å²) in [5.41, 5.74) is 1.42. The zero-order valence-corrected chi connectivity index (χ0v) is 9.74. The maximum absolute atomic E-state index is 5.23. The van der Waals surface area contributed by atoms with Crippen molar-refractivity contribution >= 4 is 5.71 Å². The minimum absolute atomic E-state index is 0.532. The smallest absolute Gasteiger partial charge is 0.0704 e. The molecule has 0 aromatic carbocycles. The summed E-state index contributed by atoms with van der Waals surface area (Å²) in [6.45, 7) is 1.95. The van der Waals surface area contributed by atoms with Crippen LogP contribution < -0.4 is 0 Å². The highest BCUT2D eigenvalue weighted by atomic mass is 16.5. The van der Waals surface area contributed by atoms with Crippen LogP contribution in [0.2, 0.25) is 0 Å². The van der Waals surface area contributed by atoms with Crippen LogP contribution >= 0.6 is 0 Å². The fourth-order valence-corrected chi connectivity index (χ4v) is 2.56. The predicted octanol–water partition coefficient (Wildman–Crippen LogP) is 2.42. The average Bonchev–Trinajstić information content (AvgIpc) is 2.68. The summed E-state index contributed by atoms with van der Waals surface area (Å²) in [7, 11) is 1.78. The lowest BCUT2D eigenvalue weighted by atomic mass is 9.99. The fraction of sp³-hybridized carbons (Fsp3) is 0.917. The molecule has 3 heteroatoms. The average molecular weight is 210 g/mol. The molecule has 1 atom stereocenters. The fourth-order valence-electron chi connectivity index (χ4n) is 2.56. The van der Waals surface area contributed by atoms with Gasteiger partial charge in [-0.25, -0.2) is 0 Å². The molecule has 1 aliphatic carbocycles. The van der Waals surface area contributed by atoms with Gasteiger partial charge in [-0.2, -0.15) is 5.10 Å². The molecule has 1 aliphatic heterocycles. The monoisotopic (exact) mass is 210 g/mol. The largest absolute Gasteiger partial charge is 0.382 e. The number of rotatable bonds is 3. The second kappa shape index (κ2) is 5.50. The number of ether oxygens (including phenoxy) is 1. The van der Waals surface area contributed by atoms with Crippen molar-refractivity contribution in [3.8, 4) is 0 Å². The van der Waals surface area contributed by atoms with Gasteiger partial charge in [-0.15, -0.1) is 0 Å². The van der Waals surface area contributed by atoms with E-state index in [1.54, 1.807) is 7.11 Å². The maximum Gasteiger partial charge on any atom is 0.0704 e. The van der Waals surface area contributed by atoms with Gasteiger partial charge in [-0.3, -0.25) is 5.01 Å². The Morgan fingerprint density at radius 3 is 2.80 bits per heavy atom. The van der Waals surface area contributed by atoms with Crippen molar-refractivity contribution < 1.29 is 4.74 Å². The zero-order valence-electron chi connectivity index (χ0n) is 9.74.